The third kappa shape index (κ3) is 2.07. The highest BCUT2D eigenvalue weighted by Gasteiger charge is 2.09. The molecular formula is C14H10ClNOS. The number of carbonyl (C=O) groups is 1. The summed E-state index contributed by atoms with van der Waals surface area (Å²) in [5.74, 6) is 0.137. The van der Waals surface area contributed by atoms with Gasteiger partial charge in [-0.25, -0.2) is 0 Å². The van der Waals surface area contributed by atoms with E-state index in [2.05, 4.69) is 0 Å². The zero-order valence-corrected chi connectivity index (χ0v) is 11.0. The van der Waals surface area contributed by atoms with Crippen LogP contribution in [0, 0.1) is 0 Å². The van der Waals surface area contributed by atoms with Gasteiger partial charge in [0.15, 0.2) is 5.78 Å². The monoisotopic (exact) mass is 275 g/mol. The number of nitrogens with zero attached hydrogens (tertiary/aromatic N) is 1. The molecule has 90 valence electrons. The third-order valence-corrected chi connectivity index (χ3v) is 3.99. The minimum absolute atomic E-state index is 0.137. The minimum Gasteiger partial charge on any atom is -0.340 e. The van der Waals surface area contributed by atoms with Gasteiger partial charge in [-0.3, -0.25) is 4.79 Å². The second-order valence-corrected chi connectivity index (χ2v) is 5.43. The van der Waals surface area contributed by atoms with Crippen molar-refractivity contribution in [1.29, 1.82) is 0 Å². The Hall–Kier alpha value is -1.58. The number of hydrogen-bond acceptors (Lipinski definition) is 2. The van der Waals surface area contributed by atoms with E-state index in [1.165, 1.54) is 11.3 Å². The Labute approximate surface area is 113 Å². The molecule has 0 aliphatic heterocycles. The van der Waals surface area contributed by atoms with E-state index in [1.54, 1.807) is 0 Å². The normalized spacial score (nSPS) is 10.9. The van der Waals surface area contributed by atoms with Crippen LogP contribution in [0.5, 0.6) is 0 Å². The van der Waals surface area contributed by atoms with Gasteiger partial charge >= 0.3 is 0 Å². The van der Waals surface area contributed by atoms with Crippen LogP contribution in [0.1, 0.15) is 9.67 Å². The fraction of sp³-hybridized carbons (Fsp3) is 0.0714. The standard InChI is InChI=1S/C14H10ClNOS/c15-11-3-4-12-10(8-11)5-6-16(12)9-13(17)14-2-1-7-18-14/h1-8H,9H2. The average Bonchev–Trinajstić information content (AvgIpc) is 2.98. The van der Waals surface area contributed by atoms with Crippen molar-refractivity contribution in [1.82, 2.24) is 4.57 Å². The third-order valence-electron chi connectivity index (χ3n) is 2.84. The maximum absolute atomic E-state index is 12.0. The lowest BCUT2D eigenvalue weighted by atomic mass is 10.2. The van der Waals surface area contributed by atoms with Gasteiger partial charge in [-0.15, -0.1) is 11.3 Å². The lowest BCUT2D eigenvalue weighted by molar-refractivity contribution is 0.0977. The van der Waals surface area contributed by atoms with E-state index in [0.717, 1.165) is 15.8 Å². The summed E-state index contributed by atoms with van der Waals surface area (Å²) in [6.07, 6.45) is 1.92. The number of aromatic nitrogens is 1. The Kier molecular flexibility index (Phi) is 2.94. The van der Waals surface area contributed by atoms with Crippen molar-refractivity contribution < 1.29 is 4.79 Å². The molecule has 0 atom stereocenters. The van der Waals surface area contributed by atoms with Crippen molar-refractivity contribution in [2.45, 2.75) is 6.54 Å². The number of rotatable bonds is 3. The number of thiophene rings is 1. The number of halogens is 1. The van der Waals surface area contributed by atoms with Crippen molar-refractivity contribution in [2.75, 3.05) is 0 Å². The first-order valence-corrected chi connectivity index (χ1v) is 6.81. The maximum Gasteiger partial charge on any atom is 0.192 e. The molecule has 0 amide bonds. The molecule has 1 aromatic carbocycles. The van der Waals surface area contributed by atoms with Gasteiger partial charge in [0.05, 0.1) is 11.4 Å². The topological polar surface area (TPSA) is 22.0 Å². The molecular weight excluding hydrogens is 266 g/mol. The first-order chi connectivity index (χ1) is 8.74. The summed E-state index contributed by atoms with van der Waals surface area (Å²) in [5, 5.41) is 3.69. The maximum atomic E-state index is 12.0. The number of ketones is 1. The summed E-state index contributed by atoms with van der Waals surface area (Å²) >= 11 is 7.42. The molecule has 2 nitrogen and oxygen atoms in total. The number of Topliss-reactive ketones (excluding diaryl/α,β-unsaturated/α-hetero) is 1. The Balaban J connectivity index is 1.94. The first-order valence-electron chi connectivity index (χ1n) is 5.55. The quantitative estimate of drug-likeness (QED) is 0.655. The van der Waals surface area contributed by atoms with Gasteiger partial charge < -0.3 is 4.57 Å². The fourth-order valence-electron chi connectivity index (χ4n) is 1.98. The highest BCUT2D eigenvalue weighted by atomic mass is 35.5. The highest BCUT2D eigenvalue weighted by molar-refractivity contribution is 7.12. The SMILES string of the molecule is O=C(Cn1ccc2cc(Cl)ccc21)c1cccs1. The lowest BCUT2D eigenvalue weighted by Gasteiger charge is -2.03. The molecule has 0 radical (unpaired) electrons. The molecule has 3 aromatic rings. The molecule has 0 fully saturated rings. The second kappa shape index (κ2) is 4.59. The lowest BCUT2D eigenvalue weighted by Crippen LogP contribution is -2.07. The minimum atomic E-state index is 0.137. The van der Waals surface area contributed by atoms with Crippen LogP contribution in [-0.4, -0.2) is 10.4 Å². The van der Waals surface area contributed by atoms with Crippen molar-refractivity contribution in [3.8, 4) is 0 Å². The molecule has 0 aliphatic rings. The van der Waals surface area contributed by atoms with Gasteiger partial charge in [0, 0.05) is 22.1 Å². The van der Waals surface area contributed by atoms with Crippen LogP contribution in [0.2, 0.25) is 5.02 Å². The van der Waals surface area contributed by atoms with Crippen molar-refractivity contribution in [2.24, 2.45) is 0 Å². The van der Waals surface area contributed by atoms with Crippen LogP contribution in [0.3, 0.4) is 0 Å². The van der Waals surface area contributed by atoms with E-state index < -0.39 is 0 Å². The number of benzene rings is 1. The predicted molar refractivity (Wildman–Crippen MR) is 75.6 cm³/mol. The summed E-state index contributed by atoms with van der Waals surface area (Å²) in [6, 6.07) is 11.4. The summed E-state index contributed by atoms with van der Waals surface area (Å²) in [7, 11) is 0. The molecule has 0 N–H and O–H groups in total. The van der Waals surface area contributed by atoms with Crippen LogP contribution in [0.4, 0.5) is 0 Å². The van der Waals surface area contributed by atoms with Gasteiger partial charge in [-0.1, -0.05) is 17.7 Å². The molecule has 0 spiro atoms. The Morgan fingerprint density at radius 3 is 2.94 bits per heavy atom. The van der Waals surface area contributed by atoms with Crippen LogP contribution < -0.4 is 0 Å². The van der Waals surface area contributed by atoms with Gasteiger partial charge in [-0.05, 0) is 35.7 Å². The number of carbonyl (C=O) groups excluding carboxylic acids is 1. The molecule has 0 unspecified atom stereocenters. The summed E-state index contributed by atoms with van der Waals surface area (Å²) in [6.45, 7) is 0.367. The molecule has 2 heterocycles. The number of fused-ring (bicyclic) bond motifs is 1. The van der Waals surface area contributed by atoms with Gasteiger partial charge in [-0.2, -0.15) is 0 Å². The predicted octanol–water partition coefficient (Wildman–Crippen LogP) is 4.24. The number of hydrogen-bond donors (Lipinski definition) is 0. The molecule has 18 heavy (non-hydrogen) atoms. The Bertz CT molecular complexity index is 700. The van der Waals surface area contributed by atoms with Crippen molar-refractivity contribution >= 4 is 39.6 Å². The van der Waals surface area contributed by atoms with Gasteiger partial charge in [0.2, 0.25) is 0 Å². The molecule has 2 aromatic heterocycles. The van der Waals surface area contributed by atoms with Crippen LogP contribution in [0.25, 0.3) is 10.9 Å². The summed E-state index contributed by atoms with van der Waals surface area (Å²) in [4.78, 5) is 12.8. The zero-order valence-electron chi connectivity index (χ0n) is 9.47. The van der Waals surface area contributed by atoms with Gasteiger partial charge in [0.25, 0.3) is 0 Å². The first kappa shape index (κ1) is 11.5. The van der Waals surface area contributed by atoms with Crippen molar-refractivity contribution in [3.63, 3.8) is 0 Å². The summed E-state index contributed by atoms with van der Waals surface area (Å²) in [5.41, 5.74) is 1.03. The largest absolute Gasteiger partial charge is 0.340 e. The smallest absolute Gasteiger partial charge is 0.192 e. The van der Waals surface area contributed by atoms with Crippen LogP contribution >= 0.6 is 22.9 Å². The van der Waals surface area contributed by atoms with E-state index in [4.69, 9.17) is 11.6 Å². The molecule has 4 heteroatoms. The van der Waals surface area contributed by atoms with Crippen LogP contribution in [-0.2, 0) is 6.54 Å². The highest BCUT2D eigenvalue weighted by Crippen LogP contribution is 2.21. The van der Waals surface area contributed by atoms with Crippen LogP contribution in [0.15, 0.2) is 48.0 Å². The van der Waals surface area contributed by atoms with Crippen molar-refractivity contribution in [3.05, 3.63) is 57.9 Å². The van der Waals surface area contributed by atoms with E-state index in [-0.39, 0.29) is 5.78 Å². The molecule has 0 aliphatic carbocycles. The Morgan fingerprint density at radius 2 is 2.17 bits per heavy atom. The zero-order chi connectivity index (χ0) is 12.5. The molecule has 3 rings (SSSR count). The van der Waals surface area contributed by atoms with E-state index >= 15 is 0 Å². The van der Waals surface area contributed by atoms with E-state index in [9.17, 15) is 4.79 Å². The van der Waals surface area contributed by atoms with E-state index in [1.807, 2.05) is 52.5 Å². The molecule has 0 saturated carbocycles. The summed E-state index contributed by atoms with van der Waals surface area (Å²) < 4.78 is 1.95. The average molecular weight is 276 g/mol. The second-order valence-electron chi connectivity index (χ2n) is 4.05. The molecule has 0 bridgehead atoms. The van der Waals surface area contributed by atoms with Gasteiger partial charge in [0.1, 0.15) is 0 Å². The fourth-order valence-corrected chi connectivity index (χ4v) is 2.82. The van der Waals surface area contributed by atoms with E-state index in [0.29, 0.717) is 11.6 Å². The Morgan fingerprint density at radius 1 is 1.28 bits per heavy atom. The molecule has 0 saturated heterocycles.